The molecule has 0 fully saturated rings. The van der Waals surface area contributed by atoms with E-state index in [1.54, 1.807) is 24.5 Å². The topological polar surface area (TPSA) is 62.2 Å². The second-order valence-corrected chi connectivity index (χ2v) is 4.03. The summed E-state index contributed by atoms with van der Waals surface area (Å²) in [4.78, 5) is 15.6. The summed E-state index contributed by atoms with van der Waals surface area (Å²) in [5.41, 5.74) is 1.24. The summed E-state index contributed by atoms with van der Waals surface area (Å²) in [6, 6.07) is 8.70. The molecule has 98 valence electrons. The predicted octanol–water partition coefficient (Wildman–Crippen LogP) is 1.57. The first-order chi connectivity index (χ1) is 9.16. The number of carbonyl (C=O) groups excluding carboxylic acids is 1. The maximum absolute atomic E-state index is 12.7. The number of halogens is 1. The zero-order valence-corrected chi connectivity index (χ0v) is 10.1. The third-order valence-corrected chi connectivity index (χ3v) is 2.65. The molecule has 1 aromatic carbocycles. The number of hydrogen-bond donors (Lipinski definition) is 2. The van der Waals surface area contributed by atoms with Crippen LogP contribution in [0.15, 0.2) is 48.8 Å². The van der Waals surface area contributed by atoms with E-state index in [9.17, 15) is 14.3 Å². The van der Waals surface area contributed by atoms with Crippen LogP contribution in [0, 0.1) is 5.82 Å². The maximum Gasteiger partial charge on any atom is 0.253 e. The lowest BCUT2D eigenvalue weighted by Gasteiger charge is -2.11. The van der Waals surface area contributed by atoms with Crippen LogP contribution in [0.5, 0.6) is 0 Å². The second-order valence-electron chi connectivity index (χ2n) is 4.03. The highest BCUT2D eigenvalue weighted by molar-refractivity contribution is 5.81. The van der Waals surface area contributed by atoms with Crippen LogP contribution in [0.25, 0.3) is 0 Å². The fourth-order valence-corrected chi connectivity index (χ4v) is 1.58. The summed E-state index contributed by atoms with van der Waals surface area (Å²) in [5.74, 6) is -0.934. The first-order valence-electron chi connectivity index (χ1n) is 5.77. The van der Waals surface area contributed by atoms with Crippen molar-refractivity contribution in [1.82, 2.24) is 10.3 Å². The average molecular weight is 260 g/mol. The van der Waals surface area contributed by atoms with Gasteiger partial charge in [-0.3, -0.25) is 9.78 Å². The molecule has 1 amide bonds. The van der Waals surface area contributed by atoms with Crippen molar-refractivity contribution in [2.45, 2.75) is 12.6 Å². The molecular formula is C14H13FN2O2. The van der Waals surface area contributed by atoms with E-state index in [-0.39, 0.29) is 0 Å². The lowest BCUT2D eigenvalue weighted by molar-refractivity contribution is -0.129. The Labute approximate surface area is 109 Å². The van der Waals surface area contributed by atoms with Gasteiger partial charge in [0, 0.05) is 18.9 Å². The fourth-order valence-electron chi connectivity index (χ4n) is 1.58. The minimum Gasteiger partial charge on any atom is -0.378 e. The van der Waals surface area contributed by atoms with E-state index < -0.39 is 17.8 Å². The van der Waals surface area contributed by atoms with E-state index in [2.05, 4.69) is 10.3 Å². The van der Waals surface area contributed by atoms with Crippen molar-refractivity contribution in [3.63, 3.8) is 0 Å². The van der Waals surface area contributed by atoms with Crippen LogP contribution in [-0.4, -0.2) is 16.0 Å². The molecule has 2 rings (SSSR count). The zero-order chi connectivity index (χ0) is 13.7. The zero-order valence-electron chi connectivity index (χ0n) is 10.1. The Morgan fingerprint density at radius 3 is 2.47 bits per heavy atom. The van der Waals surface area contributed by atoms with Crippen LogP contribution in [0.2, 0.25) is 0 Å². The van der Waals surface area contributed by atoms with Gasteiger partial charge in [-0.25, -0.2) is 4.39 Å². The van der Waals surface area contributed by atoms with E-state index in [1.807, 2.05) is 0 Å². The normalized spacial score (nSPS) is 11.9. The molecule has 2 aromatic rings. The number of carbonyl (C=O) groups is 1. The largest absolute Gasteiger partial charge is 0.378 e. The van der Waals surface area contributed by atoms with E-state index in [4.69, 9.17) is 0 Å². The number of amides is 1. The molecule has 0 aliphatic carbocycles. The molecule has 1 heterocycles. The Bertz CT molecular complexity index is 543. The average Bonchev–Trinajstić information content (AvgIpc) is 2.46. The van der Waals surface area contributed by atoms with E-state index in [1.165, 1.54) is 24.3 Å². The van der Waals surface area contributed by atoms with Gasteiger partial charge in [-0.1, -0.05) is 12.1 Å². The molecule has 0 spiro atoms. The van der Waals surface area contributed by atoms with Gasteiger partial charge in [0.05, 0.1) is 0 Å². The van der Waals surface area contributed by atoms with Gasteiger partial charge in [0.2, 0.25) is 0 Å². The van der Waals surface area contributed by atoms with E-state index in [0.717, 1.165) is 5.56 Å². The Hall–Kier alpha value is -2.27. The number of aliphatic hydroxyl groups excluding tert-OH is 1. The first kappa shape index (κ1) is 13.2. The number of aliphatic hydroxyl groups is 1. The Morgan fingerprint density at radius 2 is 1.84 bits per heavy atom. The number of rotatable bonds is 4. The third kappa shape index (κ3) is 3.59. The lowest BCUT2D eigenvalue weighted by Crippen LogP contribution is -2.28. The lowest BCUT2D eigenvalue weighted by atomic mass is 10.1. The van der Waals surface area contributed by atoms with Gasteiger partial charge >= 0.3 is 0 Å². The Morgan fingerprint density at radius 1 is 1.21 bits per heavy atom. The molecule has 0 aliphatic rings. The molecule has 0 aliphatic heterocycles. The fraction of sp³-hybridized carbons (Fsp3) is 0.143. The quantitative estimate of drug-likeness (QED) is 0.877. The molecule has 0 bridgehead atoms. The molecule has 1 aromatic heterocycles. The van der Waals surface area contributed by atoms with Crippen molar-refractivity contribution < 1.29 is 14.3 Å². The van der Waals surface area contributed by atoms with Gasteiger partial charge in [0.15, 0.2) is 6.10 Å². The van der Waals surface area contributed by atoms with Crippen LogP contribution < -0.4 is 5.32 Å². The number of nitrogens with zero attached hydrogens (tertiary/aromatic N) is 1. The maximum atomic E-state index is 12.7. The number of nitrogens with one attached hydrogen (secondary N) is 1. The molecule has 1 unspecified atom stereocenters. The van der Waals surface area contributed by atoms with Crippen LogP contribution >= 0.6 is 0 Å². The Balaban J connectivity index is 1.94. The number of benzene rings is 1. The molecule has 1 atom stereocenters. The van der Waals surface area contributed by atoms with Crippen molar-refractivity contribution in [3.05, 3.63) is 65.7 Å². The molecule has 5 heteroatoms. The number of aromatic nitrogens is 1. The molecule has 2 N–H and O–H groups in total. The van der Waals surface area contributed by atoms with Gasteiger partial charge in [0.1, 0.15) is 5.82 Å². The van der Waals surface area contributed by atoms with Crippen molar-refractivity contribution in [2.24, 2.45) is 0 Å². The first-order valence-corrected chi connectivity index (χ1v) is 5.77. The van der Waals surface area contributed by atoms with Gasteiger partial charge in [0.25, 0.3) is 5.91 Å². The highest BCUT2D eigenvalue weighted by atomic mass is 19.1. The smallest absolute Gasteiger partial charge is 0.253 e. The van der Waals surface area contributed by atoms with Gasteiger partial charge in [-0.05, 0) is 35.4 Å². The molecular weight excluding hydrogens is 247 g/mol. The van der Waals surface area contributed by atoms with Crippen LogP contribution in [0.4, 0.5) is 4.39 Å². The van der Waals surface area contributed by atoms with Crippen LogP contribution in [0.1, 0.15) is 17.2 Å². The van der Waals surface area contributed by atoms with Crippen molar-refractivity contribution >= 4 is 5.91 Å². The summed E-state index contributed by atoms with van der Waals surface area (Å²) in [7, 11) is 0. The molecule has 0 saturated carbocycles. The number of pyridine rings is 1. The van der Waals surface area contributed by atoms with Gasteiger partial charge < -0.3 is 10.4 Å². The van der Waals surface area contributed by atoms with Crippen molar-refractivity contribution in [2.75, 3.05) is 0 Å². The standard InChI is InChI=1S/C14H13FN2O2/c15-12-3-1-11(2-4-12)13(18)14(19)17-9-10-5-7-16-8-6-10/h1-8,13,18H,9H2,(H,17,19). The predicted molar refractivity (Wildman–Crippen MR) is 67.4 cm³/mol. The molecule has 0 saturated heterocycles. The van der Waals surface area contributed by atoms with E-state index in [0.29, 0.717) is 12.1 Å². The summed E-state index contributed by atoms with van der Waals surface area (Å²) in [6.45, 7) is 0.305. The number of hydrogen-bond acceptors (Lipinski definition) is 3. The summed E-state index contributed by atoms with van der Waals surface area (Å²) in [5, 5.41) is 12.4. The summed E-state index contributed by atoms with van der Waals surface area (Å²) >= 11 is 0. The summed E-state index contributed by atoms with van der Waals surface area (Å²) < 4.78 is 12.7. The SMILES string of the molecule is O=C(NCc1ccncc1)C(O)c1ccc(F)cc1. The van der Waals surface area contributed by atoms with Gasteiger partial charge in [-0.15, -0.1) is 0 Å². The molecule has 19 heavy (non-hydrogen) atoms. The minimum atomic E-state index is -1.30. The van der Waals surface area contributed by atoms with Gasteiger partial charge in [-0.2, -0.15) is 0 Å². The monoisotopic (exact) mass is 260 g/mol. The Kier molecular flexibility index (Phi) is 4.20. The minimum absolute atomic E-state index is 0.305. The highest BCUT2D eigenvalue weighted by Gasteiger charge is 2.16. The third-order valence-electron chi connectivity index (χ3n) is 2.65. The van der Waals surface area contributed by atoms with Crippen molar-refractivity contribution in [3.8, 4) is 0 Å². The molecule has 0 radical (unpaired) electrons. The highest BCUT2D eigenvalue weighted by Crippen LogP contribution is 2.13. The van der Waals surface area contributed by atoms with Crippen LogP contribution in [-0.2, 0) is 11.3 Å². The second kappa shape index (κ2) is 6.06. The van der Waals surface area contributed by atoms with Crippen LogP contribution in [0.3, 0.4) is 0 Å². The molecule has 4 nitrogen and oxygen atoms in total. The van der Waals surface area contributed by atoms with E-state index >= 15 is 0 Å². The van der Waals surface area contributed by atoms with Crippen molar-refractivity contribution in [1.29, 1.82) is 0 Å². The summed E-state index contributed by atoms with van der Waals surface area (Å²) in [6.07, 6.45) is 1.94.